The van der Waals surface area contributed by atoms with Crippen molar-refractivity contribution in [2.45, 2.75) is 33.2 Å². The maximum atomic E-state index is 4.39. The standard InChI is InChI=1S/C14H19N5/c1-4-11(3)16-14-18-13(9-15-19-14)17-12-7-5-6-10(2)8-12/h5-9,11H,4H2,1-3H3,(H2,16,17,18,19). The normalized spacial score (nSPS) is 11.9. The van der Waals surface area contributed by atoms with Gasteiger partial charge >= 0.3 is 0 Å². The second-order valence-electron chi connectivity index (χ2n) is 4.61. The second-order valence-corrected chi connectivity index (χ2v) is 4.61. The maximum absolute atomic E-state index is 4.39. The lowest BCUT2D eigenvalue weighted by molar-refractivity contribution is 0.746. The van der Waals surface area contributed by atoms with Gasteiger partial charge in [-0.3, -0.25) is 0 Å². The average Bonchev–Trinajstić information content (AvgIpc) is 2.39. The summed E-state index contributed by atoms with van der Waals surface area (Å²) in [5, 5.41) is 14.4. The molecule has 0 aliphatic heterocycles. The zero-order valence-electron chi connectivity index (χ0n) is 11.5. The number of hydrogen-bond acceptors (Lipinski definition) is 5. The molecular weight excluding hydrogens is 238 g/mol. The summed E-state index contributed by atoms with van der Waals surface area (Å²) >= 11 is 0. The Morgan fingerprint density at radius 3 is 2.89 bits per heavy atom. The molecular formula is C14H19N5. The van der Waals surface area contributed by atoms with Crippen LogP contribution in [0, 0.1) is 6.92 Å². The summed E-state index contributed by atoms with van der Waals surface area (Å²) in [4.78, 5) is 4.39. The van der Waals surface area contributed by atoms with Crippen molar-refractivity contribution in [2.75, 3.05) is 10.6 Å². The highest BCUT2D eigenvalue weighted by Crippen LogP contribution is 2.15. The average molecular weight is 257 g/mol. The summed E-state index contributed by atoms with van der Waals surface area (Å²) in [6, 6.07) is 8.45. The van der Waals surface area contributed by atoms with Crippen molar-refractivity contribution in [1.29, 1.82) is 0 Å². The topological polar surface area (TPSA) is 62.7 Å². The fourth-order valence-electron chi connectivity index (χ4n) is 1.62. The van der Waals surface area contributed by atoms with Gasteiger partial charge in [0.25, 0.3) is 0 Å². The number of rotatable bonds is 5. The van der Waals surface area contributed by atoms with Crippen LogP contribution in [0.4, 0.5) is 17.5 Å². The van der Waals surface area contributed by atoms with Gasteiger partial charge in [0.1, 0.15) is 0 Å². The highest BCUT2D eigenvalue weighted by Gasteiger charge is 2.04. The number of aryl methyl sites for hydroxylation is 1. The van der Waals surface area contributed by atoms with Crippen LogP contribution in [-0.4, -0.2) is 21.2 Å². The summed E-state index contributed by atoms with van der Waals surface area (Å²) in [7, 11) is 0. The molecule has 1 heterocycles. The van der Waals surface area contributed by atoms with E-state index in [0.29, 0.717) is 17.8 Å². The van der Waals surface area contributed by atoms with Gasteiger partial charge in [-0.25, -0.2) is 0 Å². The van der Waals surface area contributed by atoms with E-state index in [4.69, 9.17) is 0 Å². The highest BCUT2D eigenvalue weighted by atomic mass is 15.3. The summed E-state index contributed by atoms with van der Waals surface area (Å²) in [6.45, 7) is 6.25. The monoisotopic (exact) mass is 257 g/mol. The molecule has 1 aromatic carbocycles. The fourth-order valence-corrected chi connectivity index (χ4v) is 1.62. The minimum Gasteiger partial charge on any atom is -0.350 e. The van der Waals surface area contributed by atoms with Gasteiger partial charge in [0.05, 0.1) is 6.20 Å². The third-order valence-electron chi connectivity index (χ3n) is 2.84. The number of benzene rings is 1. The molecule has 5 nitrogen and oxygen atoms in total. The largest absolute Gasteiger partial charge is 0.350 e. The molecule has 2 rings (SSSR count). The Labute approximate surface area is 113 Å². The van der Waals surface area contributed by atoms with Crippen LogP contribution in [0.1, 0.15) is 25.8 Å². The lowest BCUT2D eigenvalue weighted by Gasteiger charge is -2.11. The fraction of sp³-hybridized carbons (Fsp3) is 0.357. The minimum absolute atomic E-state index is 0.330. The summed E-state index contributed by atoms with van der Waals surface area (Å²) in [6.07, 6.45) is 2.63. The molecule has 2 aromatic rings. The molecule has 0 radical (unpaired) electrons. The lowest BCUT2D eigenvalue weighted by Crippen LogP contribution is -2.16. The van der Waals surface area contributed by atoms with E-state index in [2.05, 4.69) is 58.7 Å². The molecule has 1 unspecified atom stereocenters. The van der Waals surface area contributed by atoms with E-state index in [1.807, 2.05) is 12.1 Å². The molecule has 0 fully saturated rings. The van der Waals surface area contributed by atoms with Crippen LogP contribution in [0.15, 0.2) is 30.5 Å². The predicted molar refractivity (Wildman–Crippen MR) is 77.7 cm³/mol. The maximum Gasteiger partial charge on any atom is 0.244 e. The first-order valence-corrected chi connectivity index (χ1v) is 6.47. The first-order chi connectivity index (χ1) is 9.17. The Hall–Kier alpha value is -2.17. The Morgan fingerprint density at radius 2 is 2.16 bits per heavy atom. The molecule has 100 valence electrons. The van der Waals surface area contributed by atoms with Crippen LogP contribution in [0.25, 0.3) is 0 Å². The van der Waals surface area contributed by atoms with Crippen molar-refractivity contribution in [3.05, 3.63) is 36.0 Å². The van der Waals surface area contributed by atoms with E-state index in [0.717, 1.165) is 12.1 Å². The van der Waals surface area contributed by atoms with E-state index in [-0.39, 0.29) is 0 Å². The van der Waals surface area contributed by atoms with Gasteiger partial charge in [-0.1, -0.05) is 19.1 Å². The molecule has 0 aliphatic carbocycles. The zero-order valence-corrected chi connectivity index (χ0v) is 11.5. The number of hydrogen-bond donors (Lipinski definition) is 2. The van der Waals surface area contributed by atoms with Gasteiger partial charge in [-0.2, -0.15) is 10.1 Å². The Balaban J connectivity index is 2.10. The molecule has 0 aliphatic rings. The SMILES string of the molecule is CCC(C)Nc1nncc(Nc2cccc(C)c2)n1. The second kappa shape index (κ2) is 6.13. The molecule has 0 saturated heterocycles. The summed E-state index contributed by atoms with van der Waals surface area (Å²) in [5.41, 5.74) is 2.19. The van der Waals surface area contributed by atoms with Crippen molar-refractivity contribution in [1.82, 2.24) is 15.2 Å². The number of nitrogens with zero attached hydrogens (tertiary/aromatic N) is 3. The van der Waals surface area contributed by atoms with Crippen molar-refractivity contribution in [2.24, 2.45) is 0 Å². The number of nitrogens with one attached hydrogen (secondary N) is 2. The van der Waals surface area contributed by atoms with Crippen molar-refractivity contribution >= 4 is 17.5 Å². The van der Waals surface area contributed by atoms with E-state index >= 15 is 0 Å². The first kappa shape index (κ1) is 13.3. The van der Waals surface area contributed by atoms with E-state index < -0.39 is 0 Å². The van der Waals surface area contributed by atoms with Crippen LogP contribution in [0.5, 0.6) is 0 Å². The molecule has 1 atom stereocenters. The van der Waals surface area contributed by atoms with Crippen LogP contribution in [-0.2, 0) is 0 Å². The van der Waals surface area contributed by atoms with E-state index in [1.165, 1.54) is 5.56 Å². The van der Waals surface area contributed by atoms with Gasteiger partial charge in [0, 0.05) is 11.7 Å². The van der Waals surface area contributed by atoms with Crippen molar-refractivity contribution in [3.63, 3.8) is 0 Å². The third-order valence-corrected chi connectivity index (χ3v) is 2.84. The molecule has 1 aromatic heterocycles. The van der Waals surface area contributed by atoms with Crippen LogP contribution in [0.2, 0.25) is 0 Å². The Bertz CT molecular complexity index is 541. The van der Waals surface area contributed by atoms with Crippen LogP contribution < -0.4 is 10.6 Å². The molecule has 0 amide bonds. The summed E-state index contributed by atoms with van der Waals surface area (Å²) < 4.78 is 0. The van der Waals surface area contributed by atoms with Gasteiger partial charge < -0.3 is 10.6 Å². The van der Waals surface area contributed by atoms with Crippen LogP contribution in [0.3, 0.4) is 0 Å². The quantitative estimate of drug-likeness (QED) is 0.861. The van der Waals surface area contributed by atoms with Gasteiger partial charge in [0.15, 0.2) is 5.82 Å². The predicted octanol–water partition coefficient (Wildman–Crippen LogP) is 3.13. The molecule has 0 spiro atoms. The third kappa shape index (κ3) is 3.91. The molecule has 0 saturated carbocycles. The summed E-state index contributed by atoms with van der Waals surface area (Å²) in [5.74, 6) is 1.23. The number of aromatic nitrogens is 3. The van der Waals surface area contributed by atoms with Gasteiger partial charge in [0.2, 0.25) is 5.95 Å². The van der Waals surface area contributed by atoms with Crippen LogP contribution >= 0.6 is 0 Å². The Kier molecular flexibility index (Phi) is 4.28. The molecule has 2 N–H and O–H groups in total. The lowest BCUT2D eigenvalue weighted by atomic mass is 10.2. The highest BCUT2D eigenvalue weighted by molar-refractivity contribution is 5.56. The van der Waals surface area contributed by atoms with Gasteiger partial charge in [-0.05, 0) is 38.0 Å². The van der Waals surface area contributed by atoms with E-state index in [9.17, 15) is 0 Å². The zero-order chi connectivity index (χ0) is 13.7. The molecule has 0 bridgehead atoms. The van der Waals surface area contributed by atoms with E-state index in [1.54, 1.807) is 6.20 Å². The number of anilines is 3. The van der Waals surface area contributed by atoms with Gasteiger partial charge in [-0.15, -0.1) is 5.10 Å². The van der Waals surface area contributed by atoms with Crippen molar-refractivity contribution < 1.29 is 0 Å². The molecule has 5 heteroatoms. The first-order valence-electron chi connectivity index (χ1n) is 6.47. The molecule has 19 heavy (non-hydrogen) atoms. The smallest absolute Gasteiger partial charge is 0.244 e. The van der Waals surface area contributed by atoms with Crippen molar-refractivity contribution in [3.8, 4) is 0 Å². The minimum atomic E-state index is 0.330. The Morgan fingerprint density at radius 1 is 1.32 bits per heavy atom.